The van der Waals surface area contributed by atoms with E-state index in [2.05, 4.69) is 19.2 Å². The normalized spacial score (nSPS) is 25.2. The molecule has 0 unspecified atom stereocenters. The molecular formula is C14H25N2O3-. The Bertz CT molecular complexity index is 321. The Morgan fingerprint density at radius 3 is 2.21 bits per heavy atom. The molecule has 1 heterocycles. The Morgan fingerprint density at radius 1 is 1.26 bits per heavy atom. The predicted octanol–water partition coefficient (Wildman–Crippen LogP) is 0.839. The Balaban J connectivity index is 2.58. The SMILES string of the molecule is CC(C)C[C@H](NC(=O)N1C[C@H](C)C[C@H](C)C1)C(=O)[O-]. The van der Waals surface area contributed by atoms with Crippen molar-refractivity contribution in [1.82, 2.24) is 10.2 Å². The van der Waals surface area contributed by atoms with Crippen molar-refractivity contribution < 1.29 is 14.7 Å². The van der Waals surface area contributed by atoms with E-state index in [9.17, 15) is 14.7 Å². The summed E-state index contributed by atoms with van der Waals surface area (Å²) in [7, 11) is 0. The van der Waals surface area contributed by atoms with Crippen LogP contribution in [0.15, 0.2) is 0 Å². The van der Waals surface area contributed by atoms with Crippen molar-refractivity contribution >= 4 is 12.0 Å². The Morgan fingerprint density at radius 2 is 1.79 bits per heavy atom. The largest absolute Gasteiger partial charge is 0.548 e. The molecular weight excluding hydrogens is 244 g/mol. The van der Waals surface area contributed by atoms with E-state index in [-0.39, 0.29) is 11.9 Å². The number of carbonyl (C=O) groups is 2. The summed E-state index contributed by atoms with van der Waals surface area (Å²) in [6, 6.07) is -1.19. The molecule has 1 fully saturated rings. The molecule has 1 saturated heterocycles. The number of hydrogen-bond acceptors (Lipinski definition) is 3. The van der Waals surface area contributed by atoms with Crippen molar-refractivity contribution in [2.75, 3.05) is 13.1 Å². The van der Waals surface area contributed by atoms with Crippen molar-refractivity contribution in [1.29, 1.82) is 0 Å². The number of hydrogen-bond donors (Lipinski definition) is 1. The molecule has 0 aromatic carbocycles. The van der Waals surface area contributed by atoms with E-state index in [0.29, 0.717) is 31.3 Å². The minimum atomic E-state index is -1.21. The number of rotatable bonds is 4. The molecule has 3 atom stereocenters. The summed E-state index contributed by atoms with van der Waals surface area (Å²) in [6.45, 7) is 9.45. The van der Waals surface area contributed by atoms with Crippen LogP contribution in [0.2, 0.25) is 0 Å². The van der Waals surface area contributed by atoms with E-state index >= 15 is 0 Å². The van der Waals surface area contributed by atoms with E-state index < -0.39 is 12.0 Å². The van der Waals surface area contributed by atoms with Gasteiger partial charge in [-0.15, -0.1) is 0 Å². The van der Waals surface area contributed by atoms with Gasteiger partial charge in [0.05, 0.1) is 12.0 Å². The zero-order valence-electron chi connectivity index (χ0n) is 12.3. The smallest absolute Gasteiger partial charge is 0.317 e. The third kappa shape index (κ3) is 5.09. The maximum absolute atomic E-state index is 12.1. The van der Waals surface area contributed by atoms with Gasteiger partial charge in [0.15, 0.2) is 0 Å². The number of amides is 2. The van der Waals surface area contributed by atoms with Gasteiger partial charge in [0, 0.05) is 13.1 Å². The second kappa shape index (κ2) is 6.78. The van der Waals surface area contributed by atoms with E-state index in [1.807, 2.05) is 13.8 Å². The first-order valence-electron chi connectivity index (χ1n) is 7.05. The van der Waals surface area contributed by atoms with Crippen LogP contribution in [0.1, 0.15) is 40.5 Å². The van der Waals surface area contributed by atoms with Gasteiger partial charge in [-0.1, -0.05) is 27.7 Å². The third-order valence-electron chi connectivity index (χ3n) is 3.45. The average molecular weight is 269 g/mol. The number of carboxylic acid groups (broad SMARTS) is 1. The van der Waals surface area contributed by atoms with E-state index in [0.717, 1.165) is 6.42 Å². The maximum atomic E-state index is 12.1. The molecule has 0 aromatic rings. The van der Waals surface area contributed by atoms with Gasteiger partial charge < -0.3 is 20.1 Å². The lowest BCUT2D eigenvalue weighted by Gasteiger charge is -2.36. The fraction of sp³-hybridized carbons (Fsp3) is 0.857. The van der Waals surface area contributed by atoms with Crippen molar-refractivity contribution in [3.8, 4) is 0 Å². The maximum Gasteiger partial charge on any atom is 0.317 e. The number of carboxylic acids is 1. The molecule has 0 spiro atoms. The summed E-state index contributed by atoms with van der Waals surface area (Å²) < 4.78 is 0. The quantitative estimate of drug-likeness (QED) is 0.822. The first-order valence-corrected chi connectivity index (χ1v) is 7.05. The summed E-state index contributed by atoms with van der Waals surface area (Å²) in [5.41, 5.74) is 0. The molecule has 0 aliphatic carbocycles. The van der Waals surface area contributed by atoms with Gasteiger partial charge in [-0.25, -0.2) is 4.79 Å². The molecule has 5 heteroatoms. The second-order valence-corrected chi connectivity index (χ2v) is 6.30. The van der Waals surface area contributed by atoms with Crippen LogP contribution < -0.4 is 10.4 Å². The molecule has 5 nitrogen and oxygen atoms in total. The summed E-state index contributed by atoms with van der Waals surface area (Å²) in [6.07, 6.45) is 1.51. The number of piperidine rings is 1. The molecule has 2 amide bonds. The zero-order chi connectivity index (χ0) is 14.6. The molecule has 0 bridgehead atoms. The first kappa shape index (κ1) is 15.8. The number of nitrogens with one attached hydrogen (secondary N) is 1. The molecule has 1 N–H and O–H groups in total. The first-order chi connectivity index (χ1) is 8.79. The van der Waals surface area contributed by atoms with Crippen molar-refractivity contribution in [2.24, 2.45) is 17.8 Å². The van der Waals surface area contributed by atoms with Crippen LogP contribution >= 0.6 is 0 Å². The van der Waals surface area contributed by atoms with Crippen LogP contribution in [0.25, 0.3) is 0 Å². The molecule has 0 aromatic heterocycles. The molecule has 19 heavy (non-hydrogen) atoms. The number of aliphatic carboxylic acids is 1. The average Bonchev–Trinajstić information content (AvgIpc) is 2.25. The van der Waals surface area contributed by atoms with E-state index in [1.54, 1.807) is 4.90 Å². The van der Waals surface area contributed by atoms with Crippen LogP contribution in [-0.4, -0.2) is 36.0 Å². The summed E-state index contributed by atoms with van der Waals surface area (Å²) >= 11 is 0. The van der Waals surface area contributed by atoms with Gasteiger partial charge in [-0.05, 0) is 30.6 Å². The monoisotopic (exact) mass is 269 g/mol. The lowest BCUT2D eigenvalue weighted by atomic mass is 9.92. The van der Waals surface area contributed by atoms with Crippen LogP contribution in [0.5, 0.6) is 0 Å². The summed E-state index contributed by atoms with van der Waals surface area (Å²) in [5, 5.41) is 13.6. The predicted molar refractivity (Wildman–Crippen MR) is 71.3 cm³/mol. The zero-order valence-corrected chi connectivity index (χ0v) is 12.3. The highest BCUT2D eigenvalue weighted by Crippen LogP contribution is 2.21. The van der Waals surface area contributed by atoms with Gasteiger partial charge in [-0.2, -0.15) is 0 Å². The molecule has 1 aliphatic heterocycles. The fourth-order valence-corrected chi connectivity index (χ4v) is 2.75. The minimum Gasteiger partial charge on any atom is -0.548 e. The molecule has 0 radical (unpaired) electrons. The lowest BCUT2D eigenvalue weighted by molar-refractivity contribution is -0.308. The van der Waals surface area contributed by atoms with Gasteiger partial charge in [-0.3, -0.25) is 0 Å². The van der Waals surface area contributed by atoms with Crippen LogP contribution in [0.3, 0.4) is 0 Å². The van der Waals surface area contributed by atoms with Crippen molar-refractivity contribution in [2.45, 2.75) is 46.6 Å². The highest BCUT2D eigenvalue weighted by atomic mass is 16.4. The van der Waals surface area contributed by atoms with Crippen LogP contribution in [-0.2, 0) is 4.79 Å². The van der Waals surface area contributed by atoms with Crippen molar-refractivity contribution in [3.63, 3.8) is 0 Å². The number of nitrogens with zero attached hydrogens (tertiary/aromatic N) is 1. The fourth-order valence-electron chi connectivity index (χ4n) is 2.75. The number of likely N-dealkylation sites (tertiary alicyclic amines) is 1. The Hall–Kier alpha value is -1.26. The Kier molecular flexibility index (Phi) is 5.63. The Labute approximate surface area is 115 Å². The molecule has 1 rings (SSSR count). The lowest BCUT2D eigenvalue weighted by Crippen LogP contribution is -2.54. The van der Waals surface area contributed by atoms with Gasteiger partial charge in [0.2, 0.25) is 0 Å². The summed E-state index contributed by atoms with van der Waals surface area (Å²) in [4.78, 5) is 24.9. The molecule has 1 aliphatic rings. The summed E-state index contributed by atoms with van der Waals surface area (Å²) in [5.74, 6) is -0.0930. The minimum absolute atomic E-state index is 0.197. The topological polar surface area (TPSA) is 72.5 Å². The second-order valence-electron chi connectivity index (χ2n) is 6.30. The number of urea groups is 1. The van der Waals surface area contributed by atoms with Crippen LogP contribution in [0, 0.1) is 17.8 Å². The third-order valence-corrected chi connectivity index (χ3v) is 3.45. The highest BCUT2D eigenvalue weighted by molar-refractivity contribution is 5.81. The standard InChI is InChI=1S/C14H26N2O3/c1-9(2)5-12(13(17)18)15-14(19)16-7-10(3)6-11(4)8-16/h9-12H,5-8H2,1-4H3,(H,15,19)(H,17,18)/p-1/t10-,11+,12-/m0/s1. The van der Waals surface area contributed by atoms with E-state index in [4.69, 9.17) is 0 Å². The molecule has 110 valence electrons. The van der Waals surface area contributed by atoms with Crippen LogP contribution in [0.4, 0.5) is 4.79 Å². The van der Waals surface area contributed by atoms with Crippen molar-refractivity contribution in [3.05, 3.63) is 0 Å². The molecule has 0 saturated carbocycles. The van der Waals surface area contributed by atoms with E-state index in [1.165, 1.54) is 0 Å². The van der Waals surface area contributed by atoms with Gasteiger partial charge in [0.1, 0.15) is 0 Å². The number of carbonyl (C=O) groups excluding carboxylic acids is 2. The highest BCUT2D eigenvalue weighted by Gasteiger charge is 2.27. The van der Waals surface area contributed by atoms with Gasteiger partial charge >= 0.3 is 6.03 Å². The van der Waals surface area contributed by atoms with Gasteiger partial charge in [0.25, 0.3) is 0 Å².